The number of carbonyl (C=O) groups excluding carboxylic acids is 1. The van der Waals surface area contributed by atoms with E-state index in [0.717, 1.165) is 6.07 Å². The summed E-state index contributed by atoms with van der Waals surface area (Å²) in [5.74, 6) is -0.785. The van der Waals surface area contributed by atoms with E-state index in [4.69, 9.17) is 10.9 Å². The summed E-state index contributed by atoms with van der Waals surface area (Å²) in [6.45, 7) is 3.96. The summed E-state index contributed by atoms with van der Waals surface area (Å²) in [5, 5.41) is 16.8. The lowest BCUT2D eigenvalue weighted by Gasteiger charge is -2.15. The quantitative estimate of drug-likeness (QED) is 0.213. The number of halogens is 2. The van der Waals surface area contributed by atoms with Crippen LogP contribution in [0.5, 0.6) is 0 Å². The second kappa shape index (κ2) is 9.71. The molecule has 0 aliphatic heterocycles. The van der Waals surface area contributed by atoms with Crippen LogP contribution in [-0.2, 0) is 0 Å². The molecule has 1 aromatic carbocycles. The number of hydrogen-bond acceptors (Lipinski definition) is 6. The molecule has 0 aliphatic carbocycles. The van der Waals surface area contributed by atoms with E-state index in [9.17, 15) is 9.18 Å². The fourth-order valence-corrected chi connectivity index (χ4v) is 2.49. The van der Waals surface area contributed by atoms with Gasteiger partial charge >= 0.3 is 0 Å². The van der Waals surface area contributed by atoms with Crippen molar-refractivity contribution in [2.24, 2.45) is 5.11 Å². The van der Waals surface area contributed by atoms with Crippen LogP contribution in [0.15, 0.2) is 45.4 Å². The fourth-order valence-electron chi connectivity index (χ4n) is 1.96. The average Bonchev–Trinajstić information content (AvgIpc) is 2.54. The van der Waals surface area contributed by atoms with Gasteiger partial charge in [-0.2, -0.15) is 5.11 Å². The highest BCUT2D eigenvalue weighted by atomic mass is 79.9. The Balaban J connectivity index is 3.14. The zero-order valence-corrected chi connectivity index (χ0v) is 15.0. The maximum atomic E-state index is 13.4. The molecule has 8 heteroatoms. The van der Waals surface area contributed by atoms with Crippen molar-refractivity contribution in [2.75, 3.05) is 11.9 Å². The van der Waals surface area contributed by atoms with Crippen molar-refractivity contribution in [1.82, 2.24) is 5.32 Å². The van der Waals surface area contributed by atoms with Gasteiger partial charge in [-0.1, -0.05) is 0 Å². The van der Waals surface area contributed by atoms with Crippen LogP contribution in [0, 0.1) is 16.8 Å². The molecule has 6 nitrogen and oxygen atoms in total. The summed E-state index contributed by atoms with van der Waals surface area (Å²) in [5.41, 5.74) is 8.79. The second-order valence-corrected chi connectivity index (χ2v) is 5.64. The first-order valence-corrected chi connectivity index (χ1v) is 7.98. The van der Waals surface area contributed by atoms with E-state index in [0.29, 0.717) is 28.1 Å². The molecule has 128 valence electrons. The number of benzene rings is 1. The van der Waals surface area contributed by atoms with Gasteiger partial charge in [-0.05, 0) is 48.0 Å². The standard InChI is InChI=1S/C16H19BrFN5O/c1-3-21-16(17)11(8-19)6-13(9-22-20)23-15-5-4-12(18)7-14(15)10(2)24/h4-5,7-9,19-21,23H,3,6H2,1-2H3/b13-9-,16-11-,19-8?,22-20?. The molecular weight excluding hydrogens is 377 g/mol. The van der Waals surface area contributed by atoms with Crippen LogP contribution in [0.1, 0.15) is 30.6 Å². The number of hydrogen-bond donors (Lipinski definition) is 4. The van der Waals surface area contributed by atoms with Gasteiger partial charge in [0.1, 0.15) is 5.82 Å². The molecule has 0 fully saturated rings. The van der Waals surface area contributed by atoms with E-state index in [-0.39, 0.29) is 17.8 Å². The lowest BCUT2D eigenvalue weighted by molar-refractivity contribution is 0.101. The molecule has 24 heavy (non-hydrogen) atoms. The topological polar surface area (TPSA) is 101 Å². The lowest BCUT2D eigenvalue weighted by Crippen LogP contribution is -2.12. The molecule has 1 rings (SSSR count). The summed E-state index contributed by atoms with van der Waals surface area (Å²) in [4.78, 5) is 11.7. The highest BCUT2D eigenvalue weighted by molar-refractivity contribution is 9.11. The molecule has 0 aromatic heterocycles. The van der Waals surface area contributed by atoms with Crippen molar-refractivity contribution in [3.63, 3.8) is 0 Å². The van der Waals surface area contributed by atoms with E-state index < -0.39 is 5.82 Å². The van der Waals surface area contributed by atoms with Gasteiger partial charge in [0, 0.05) is 41.7 Å². The average molecular weight is 396 g/mol. The van der Waals surface area contributed by atoms with Crippen LogP contribution in [0.25, 0.3) is 0 Å². The van der Waals surface area contributed by atoms with Gasteiger partial charge in [0.05, 0.1) is 10.8 Å². The van der Waals surface area contributed by atoms with E-state index in [1.807, 2.05) is 6.92 Å². The molecule has 0 radical (unpaired) electrons. The first-order chi connectivity index (χ1) is 11.4. The van der Waals surface area contributed by atoms with E-state index >= 15 is 0 Å². The van der Waals surface area contributed by atoms with Crippen LogP contribution in [0.4, 0.5) is 10.1 Å². The molecule has 0 bridgehead atoms. The van der Waals surface area contributed by atoms with Crippen LogP contribution in [0.2, 0.25) is 0 Å². The van der Waals surface area contributed by atoms with Crippen molar-refractivity contribution >= 4 is 33.6 Å². The van der Waals surface area contributed by atoms with Gasteiger partial charge < -0.3 is 16.0 Å². The Kier molecular flexibility index (Phi) is 7.97. The first kappa shape index (κ1) is 19.7. The molecule has 4 N–H and O–H groups in total. The summed E-state index contributed by atoms with van der Waals surface area (Å²) in [6.07, 6.45) is 2.74. The maximum absolute atomic E-state index is 13.4. The summed E-state index contributed by atoms with van der Waals surface area (Å²) >= 11 is 3.36. The molecule has 1 aromatic rings. The smallest absolute Gasteiger partial charge is 0.161 e. The van der Waals surface area contributed by atoms with Crippen LogP contribution < -0.4 is 10.6 Å². The minimum Gasteiger partial charge on any atom is -0.379 e. The molecule has 0 amide bonds. The van der Waals surface area contributed by atoms with Gasteiger partial charge in [0.2, 0.25) is 0 Å². The number of nitrogens with one attached hydrogen (secondary N) is 4. The first-order valence-electron chi connectivity index (χ1n) is 7.19. The van der Waals surface area contributed by atoms with Crippen molar-refractivity contribution in [3.8, 4) is 0 Å². The van der Waals surface area contributed by atoms with Crippen molar-refractivity contribution in [3.05, 3.63) is 51.7 Å². The largest absolute Gasteiger partial charge is 0.379 e. The molecule has 0 unspecified atom stereocenters. The highest BCUT2D eigenvalue weighted by Crippen LogP contribution is 2.23. The van der Waals surface area contributed by atoms with E-state index in [1.165, 1.54) is 31.5 Å². The number of allylic oxidation sites excluding steroid dienone is 1. The van der Waals surface area contributed by atoms with Gasteiger partial charge in [-0.3, -0.25) is 4.79 Å². The predicted molar refractivity (Wildman–Crippen MR) is 96.3 cm³/mol. The number of carbonyl (C=O) groups is 1. The number of rotatable bonds is 9. The third kappa shape index (κ3) is 5.69. The Morgan fingerprint density at radius 1 is 1.46 bits per heavy atom. The Morgan fingerprint density at radius 2 is 2.17 bits per heavy atom. The van der Waals surface area contributed by atoms with E-state index in [2.05, 4.69) is 31.7 Å². The zero-order valence-electron chi connectivity index (χ0n) is 13.4. The third-order valence-corrected chi connectivity index (χ3v) is 3.84. The van der Waals surface area contributed by atoms with Gasteiger partial charge in [0.15, 0.2) is 5.78 Å². The monoisotopic (exact) mass is 395 g/mol. The minimum absolute atomic E-state index is 0.206. The SMILES string of the molecule is CCN/C(Br)=C(\C=N)C/C(=C/N=N)Nc1ccc(F)cc1C(C)=O. The van der Waals surface area contributed by atoms with Crippen molar-refractivity contribution in [1.29, 1.82) is 10.9 Å². The van der Waals surface area contributed by atoms with Crippen LogP contribution in [0.3, 0.4) is 0 Å². The normalized spacial score (nSPS) is 12.2. The van der Waals surface area contributed by atoms with Crippen molar-refractivity contribution in [2.45, 2.75) is 20.3 Å². The molecule has 0 heterocycles. The maximum Gasteiger partial charge on any atom is 0.161 e. The fraction of sp³-hybridized carbons (Fsp3) is 0.250. The molecule has 0 aliphatic rings. The lowest BCUT2D eigenvalue weighted by atomic mass is 10.1. The van der Waals surface area contributed by atoms with Crippen LogP contribution >= 0.6 is 15.9 Å². The Hall–Kier alpha value is -2.35. The molecule has 0 spiro atoms. The van der Waals surface area contributed by atoms with Crippen molar-refractivity contribution < 1.29 is 9.18 Å². The Morgan fingerprint density at radius 3 is 2.71 bits per heavy atom. The minimum atomic E-state index is -0.503. The Bertz CT molecular complexity index is 700. The Labute approximate surface area is 148 Å². The molecule has 0 saturated carbocycles. The number of nitrogens with zero attached hydrogens (tertiary/aromatic N) is 1. The van der Waals surface area contributed by atoms with Crippen LogP contribution in [-0.4, -0.2) is 18.5 Å². The third-order valence-electron chi connectivity index (χ3n) is 3.05. The number of Topliss-reactive ketones (excluding diaryl/α,β-unsaturated/α-hetero) is 1. The summed E-state index contributed by atoms with van der Waals surface area (Å²) in [6, 6.07) is 3.85. The molecule has 0 saturated heterocycles. The van der Waals surface area contributed by atoms with Gasteiger partial charge in [0.25, 0.3) is 0 Å². The number of ketones is 1. The molecule has 0 atom stereocenters. The highest BCUT2D eigenvalue weighted by Gasteiger charge is 2.12. The zero-order chi connectivity index (χ0) is 18.1. The predicted octanol–water partition coefficient (Wildman–Crippen LogP) is 4.57. The summed E-state index contributed by atoms with van der Waals surface area (Å²) < 4.78 is 14.0. The molecular formula is C16H19BrFN5O. The van der Waals surface area contributed by atoms with Gasteiger partial charge in [-0.25, -0.2) is 9.92 Å². The van der Waals surface area contributed by atoms with E-state index in [1.54, 1.807) is 0 Å². The second-order valence-electron chi connectivity index (χ2n) is 4.85. The number of anilines is 1. The van der Waals surface area contributed by atoms with Gasteiger partial charge in [-0.15, -0.1) is 0 Å². The summed E-state index contributed by atoms with van der Waals surface area (Å²) in [7, 11) is 0.